The Morgan fingerprint density at radius 2 is 2.04 bits per heavy atom. The van der Waals surface area contributed by atoms with Gasteiger partial charge in [0.25, 0.3) is 5.91 Å². The summed E-state index contributed by atoms with van der Waals surface area (Å²) in [5.74, 6) is -1.57. The first-order chi connectivity index (χ1) is 12.3. The van der Waals surface area contributed by atoms with Crippen molar-refractivity contribution in [2.75, 3.05) is 19.0 Å². The van der Waals surface area contributed by atoms with Crippen LogP contribution in [0.5, 0.6) is 5.75 Å². The fourth-order valence-electron chi connectivity index (χ4n) is 1.85. The van der Waals surface area contributed by atoms with Crippen molar-refractivity contribution in [2.24, 2.45) is 0 Å². The van der Waals surface area contributed by atoms with Crippen molar-refractivity contribution >= 4 is 46.6 Å². The molecule has 0 unspecified atom stereocenters. The molecule has 0 aliphatic carbocycles. The average Bonchev–Trinajstić information content (AvgIpc) is 2.61. The molecule has 1 heterocycles. The minimum absolute atomic E-state index is 0.00672. The van der Waals surface area contributed by atoms with Crippen LogP contribution in [0.1, 0.15) is 10.4 Å². The lowest BCUT2D eigenvalue weighted by Gasteiger charge is -2.08. The van der Waals surface area contributed by atoms with E-state index < -0.39 is 29.1 Å². The zero-order valence-corrected chi connectivity index (χ0v) is 14.7. The summed E-state index contributed by atoms with van der Waals surface area (Å²) in [4.78, 5) is 37.9. The summed E-state index contributed by atoms with van der Waals surface area (Å²) in [6, 6.07) is 4.92. The molecule has 0 saturated heterocycles. The highest BCUT2D eigenvalue weighted by atomic mass is 35.5. The van der Waals surface area contributed by atoms with Crippen molar-refractivity contribution in [3.63, 3.8) is 0 Å². The monoisotopic (exact) mass is 399 g/mol. The Balaban J connectivity index is 2.00. The molecule has 1 amide bonds. The van der Waals surface area contributed by atoms with Crippen LogP contribution in [0.25, 0.3) is 0 Å². The minimum atomic E-state index is -0.916. The van der Waals surface area contributed by atoms with E-state index in [0.717, 1.165) is 6.07 Å². The highest BCUT2D eigenvalue weighted by Gasteiger charge is 2.19. The second-order valence-corrected chi connectivity index (χ2v) is 5.60. The van der Waals surface area contributed by atoms with Gasteiger partial charge in [0.2, 0.25) is 0 Å². The normalized spacial score (nSPS) is 10.1. The molecule has 1 aromatic heterocycles. The number of benzene rings is 1. The first kappa shape index (κ1) is 19.4. The van der Waals surface area contributed by atoms with Crippen molar-refractivity contribution in [2.45, 2.75) is 0 Å². The van der Waals surface area contributed by atoms with Gasteiger partial charge in [0.05, 0.1) is 27.6 Å². The van der Waals surface area contributed by atoms with E-state index >= 15 is 0 Å². The molecule has 0 spiro atoms. The maximum Gasteiger partial charge on any atom is 0.338 e. The Morgan fingerprint density at radius 3 is 2.65 bits per heavy atom. The Morgan fingerprint density at radius 1 is 1.31 bits per heavy atom. The summed E-state index contributed by atoms with van der Waals surface area (Å²) in [7, 11) is 1.26. The SMILES string of the molecule is COc1ccc(C(=O)OCC(=O)Nc2ncc(Cl)cc2Cl)cc1[N+](=O)[O-]. The number of nitro benzene ring substituents is 1. The molecule has 0 aliphatic heterocycles. The van der Waals surface area contributed by atoms with Gasteiger partial charge < -0.3 is 14.8 Å². The molecule has 0 saturated carbocycles. The van der Waals surface area contributed by atoms with Crippen LogP contribution in [0.4, 0.5) is 11.5 Å². The number of carbonyl (C=O) groups excluding carboxylic acids is 2. The standard InChI is InChI=1S/C15H11Cl2N3O6/c1-25-12-3-2-8(4-11(12)20(23)24)15(22)26-7-13(21)19-14-10(17)5-9(16)6-18-14/h2-6H,7H2,1H3,(H,18,19,21). The molecular formula is C15H11Cl2N3O6. The molecule has 2 rings (SSSR count). The van der Waals surface area contributed by atoms with Gasteiger partial charge in [0.15, 0.2) is 18.2 Å². The Labute approximate surface area is 157 Å². The van der Waals surface area contributed by atoms with E-state index in [-0.39, 0.29) is 22.2 Å². The Kier molecular flexibility index (Phi) is 6.31. The number of rotatable bonds is 6. The number of nitrogens with one attached hydrogen (secondary N) is 1. The van der Waals surface area contributed by atoms with Crippen LogP contribution >= 0.6 is 23.2 Å². The lowest BCUT2D eigenvalue weighted by atomic mass is 10.2. The molecule has 0 fully saturated rings. The number of hydrogen-bond acceptors (Lipinski definition) is 7. The third-order valence-electron chi connectivity index (χ3n) is 3.01. The van der Waals surface area contributed by atoms with Crippen molar-refractivity contribution in [3.8, 4) is 5.75 Å². The predicted octanol–water partition coefficient (Wildman–Crippen LogP) is 3.10. The van der Waals surface area contributed by atoms with E-state index in [0.29, 0.717) is 5.02 Å². The number of nitro groups is 1. The van der Waals surface area contributed by atoms with Crippen LogP contribution in [0.3, 0.4) is 0 Å². The summed E-state index contributed by atoms with van der Waals surface area (Å²) in [6.07, 6.45) is 1.28. The fourth-order valence-corrected chi connectivity index (χ4v) is 2.28. The predicted molar refractivity (Wildman–Crippen MR) is 92.8 cm³/mol. The minimum Gasteiger partial charge on any atom is -0.490 e. The van der Waals surface area contributed by atoms with E-state index in [1.807, 2.05) is 0 Å². The summed E-state index contributed by atoms with van der Waals surface area (Å²) < 4.78 is 9.66. The maximum absolute atomic E-state index is 12.0. The van der Waals surface area contributed by atoms with Gasteiger partial charge in [-0.25, -0.2) is 9.78 Å². The van der Waals surface area contributed by atoms with Crippen LogP contribution in [0.15, 0.2) is 30.5 Å². The zero-order chi connectivity index (χ0) is 19.3. The number of halogens is 2. The lowest BCUT2D eigenvalue weighted by Crippen LogP contribution is -2.21. The van der Waals surface area contributed by atoms with E-state index in [9.17, 15) is 19.7 Å². The number of carbonyl (C=O) groups is 2. The number of esters is 1. The largest absolute Gasteiger partial charge is 0.490 e. The van der Waals surface area contributed by atoms with Crippen molar-refractivity contribution in [1.82, 2.24) is 4.98 Å². The number of pyridine rings is 1. The smallest absolute Gasteiger partial charge is 0.338 e. The number of amides is 1. The molecule has 1 N–H and O–H groups in total. The van der Waals surface area contributed by atoms with Crippen LogP contribution < -0.4 is 10.1 Å². The van der Waals surface area contributed by atoms with Gasteiger partial charge in [-0.1, -0.05) is 23.2 Å². The van der Waals surface area contributed by atoms with Crippen molar-refractivity contribution < 1.29 is 24.0 Å². The van der Waals surface area contributed by atoms with E-state index in [1.165, 1.54) is 31.5 Å². The maximum atomic E-state index is 12.0. The highest BCUT2D eigenvalue weighted by Crippen LogP contribution is 2.27. The van der Waals surface area contributed by atoms with Gasteiger partial charge in [0, 0.05) is 12.3 Å². The van der Waals surface area contributed by atoms with Gasteiger partial charge in [-0.3, -0.25) is 14.9 Å². The van der Waals surface area contributed by atoms with Crippen LogP contribution in [-0.2, 0) is 9.53 Å². The fraction of sp³-hybridized carbons (Fsp3) is 0.133. The summed E-state index contributed by atoms with van der Waals surface area (Å²) in [5.41, 5.74) is -0.503. The van der Waals surface area contributed by atoms with E-state index in [2.05, 4.69) is 10.3 Å². The van der Waals surface area contributed by atoms with E-state index in [4.69, 9.17) is 32.7 Å². The highest BCUT2D eigenvalue weighted by molar-refractivity contribution is 6.36. The summed E-state index contributed by atoms with van der Waals surface area (Å²) in [5, 5.41) is 13.7. The van der Waals surface area contributed by atoms with Crippen molar-refractivity contribution in [3.05, 3.63) is 56.2 Å². The first-order valence-corrected chi connectivity index (χ1v) is 7.68. The number of nitrogens with zero attached hydrogens (tertiary/aromatic N) is 2. The molecule has 0 aliphatic rings. The van der Waals surface area contributed by atoms with Crippen LogP contribution in [-0.4, -0.2) is 35.5 Å². The molecule has 26 heavy (non-hydrogen) atoms. The third-order valence-corrected chi connectivity index (χ3v) is 3.51. The van der Waals surface area contributed by atoms with Crippen molar-refractivity contribution in [1.29, 1.82) is 0 Å². The number of methoxy groups -OCH3 is 1. The molecule has 1 aromatic carbocycles. The summed E-state index contributed by atoms with van der Waals surface area (Å²) >= 11 is 11.6. The number of aromatic nitrogens is 1. The molecular weight excluding hydrogens is 389 g/mol. The number of ether oxygens (including phenoxy) is 2. The lowest BCUT2D eigenvalue weighted by molar-refractivity contribution is -0.385. The van der Waals surface area contributed by atoms with E-state index in [1.54, 1.807) is 0 Å². The zero-order valence-electron chi connectivity index (χ0n) is 13.2. The second-order valence-electron chi connectivity index (χ2n) is 4.75. The second kappa shape index (κ2) is 8.45. The number of anilines is 1. The topological polar surface area (TPSA) is 121 Å². The third kappa shape index (κ3) is 4.80. The van der Waals surface area contributed by atoms with Gasteiger partial charge >= 0.3 is 11.7 Å². The molecule has 136 valence electrons. The quantitative estimate of drug-likeness (QED) is 0.449. The molecule has 0 radical (unpaired) electrons. The molecule has 9 nitrogen and oxygen atoms in total. The molecule has 11 heteroatoms. The Hall–Kier alpha value is -2.91. The van der Waals surface area contributed by atoms with Gasteiger partial charge in [-0.2, -0.15) is 0 Å². The number of hydrogen-bond donors (Lipinski definition) is 1. The van der Waals surface area contributed by atoms with Gasteiger partial charge in [0.1, 0.15) is 0 Å². The average molecular weight is 400 g/mol. The van der Waals surface area contributed by atoms with Gasteiger partial charge in [-0.15, -0.1) is 0 Å². The molecule has 0 bridgehead atoms. The van der Waals surface area contributed by atoms with Gasteiger partial charge in [-0.05, 0) is 18.2 Å². The molecule has 0 atom stereocenters. The summed E-state index contributed by atoms with van der Waals surface area (Å²) in [6.45, 7) is -0.640. The Bertz CT molecular complexity index is 874. The van der Waals surface area contributed by atoms with Crippen LogP contribution in [0, 0.1) is 10.1 Å². The molecule has 2 aromatic rings. The van der Waals surface area contributed by atoms with Crippen LogP contribution in [0.2, 0.25) is 10.0 Å². The first-order valence-electron chi connectivity index (χ1n) is 6.92.